The van der Waals surface area contributed by atoms with Crippen LogP contribution in [0.1, 0.15) is 23.2 Å². The number of anilines is 2. The van der Waals surface area contributed by atoms with Crippen molar-refractivity contribution in [1.82, 2.24) is 0 Å². The Morgan fingerprint density at radius 3 is 2.44 bits per heavy atom. The molecule has 0 saturated carbocycles. The first-order valence-corrected chi connectivity index (χ1v) is 8.06. The van der Waals surface area contributed by atoms with Crippen LogP contribution < -0.4 is 19.7 Å². The molecule has 0 atom stereocenters. The number of hydrogen-bond acceptors (Lipinski definition) is 4. The van der Waals surface area contributed by atoms with E-state index in [1.54, 1.807) is 61.6 Å². The second-order valence-corrected chi connectivity index (χ2v) is 5.72. The standard InChI is InChI=1S/C19H20N2O4/c1-24-15-8-5-13(6-9-15)19(23)20-14-7-10-17(25-2)16(12-14)21-11-3-4-18(21)22/h5-10,12H,3-4,11H2,1-2H3,(H,20,23). The Labute approximate surface area is 146 Å². The molecule has 0 bridgehead atoms. The zero-order valence-electron chi connectivity index (χ0n) is 14.2. The van der Waals surface area contributed by atoms with Gasteiger partial charge in [-0.15, -0.1) is 0 Å². The van der Waals surface area contributed by atoms with Crippen LogP contribution >= 0.6 is 0 Å². The van der Waals surface area contributed by atoms with Gasteiger partial charge in [0.2, 0.25) is 5.91 Å². The van der Waals surface area contributed by atoms with Gasteiger partial charge in [-0.25, -0.2) is 0 Å². The first-order valence-electron chi connectivity index (χ1n) is 8.06. The van der Waals surface area contributed by atoms with Crippen LogP contribution in [-0.2, 0) is 4.79 Å². The fraction of sp³-hybridized carbons (Fsp3) is 0.263. The number of amides is 2. The molecule has 0 radical (unpaired) electrons. The number of nitrogens with one attached hydrogen (secondary N) is 1. The average Bonchev–Trinajstić information content (AvgIpc) is 3.07. The Morgan fingerprint density at radius 1 is 1.08 bits per heavy atom. The van der Waals surface area contributed by atoms with Gasteiger partial charge in [-0.05, 0) is 48.9 Å². The van der Waals surface area contributed by atoms with Crippen molar-refractivity contribution in [2.24, 2.45) is 0 Å². The predicted octanol–water partition coefficient (Wildman–Crippen LogP) is 3.08. The van der Waals surface area contributed by atoms with E-state index in [1.165, 1.54) is 0 Å². The van der Waals surface area contributed by atoms with Crippen LogP contribution in [0.25, 0.3) is 0 Å². The van der Waals surface area contributed by atoms with Gasteiger partial charge >= 0.3 is 0 Å². The van der Waals surface area contributed by atoms with Gasteiger partial charge in [-0.3, -0.25) is 9.59 Å². The summed E-state index contributed by atoms with van der Waals surface area (Å²) in [7, 11) is 3.14. The molecule has 2 aromatic rings. The number of hydrogen-bond donors (Lipinski definition) is 1. The highest BCUT2D eigenvalue weighted by Gasteiger charge is 2.25. The van der Waals surface area contributed by atoms with Crippen LogP contribution in [-0.4, -0.2) is 32.6 Å². The summed E-state index contributed by atoms with van der Waals surface area (Å²) in [6.07, 6.45) is 1.36. The van der Waals surface area contributed by atoms with Crippen LogP contribution in [0, 0.1) is 0 Å². The van der Waals surface area contributed by atoms with Crippen molar-refractivity contribution in [2.45, 2.75) is 12.8 Å². The van der Waals surface area contributed by atoms with Crippen molar-refractivity contribution >= 4 is 23.2 Å². The third-order valence-electron chi connectivity index (χ3n) is 4.15. The number of nitrogens with zero attached hydrogens (tertiary/aromatic N) is 1. The lowest BCUT2D eigenvalue weighted by atomic mass is 10.2. The molecule has 6 heteroatoms. The lowest BCUT2D eigenvalue weighted by Crippen LogP contribution is -2.24. The Hall–Kier alpha value is -3.02. The minimum atomic E-state index is -0.230. The van der Waals surface area contributed by atoms with E-state index in [4.69, 9.17) is 9.47 Å². The van der Waals surface area contributed by atoms with Gasteiger partial charge < -0.3 is 19.7 Å². The molecule has 1 aliphatic heterocycles. The molecule has 1 aliphatic rings. The van der Waals surface area contributed by atoms with E-state index in [1.807, 2.05) is 0 Å². The maximum atomic E-state index is 12.4. The summed E-state index contributed by atoms with van der Waals surface area (Å²) in [6, 6.07) is 12.1. The summed E-state index contributed by atoms with van der Waals surface area (Å²) in [6.45, 7) is 0.658. The normalized spacial score (nSPS) is 13.7. The first kappa shape index (κ1) is 16.8. The van der Waals surface area contributed by atoms with Crippen molar-refractivity contribution in [2.75, 3.05) is 31.0 Å². The van der Waals surface area contributed by atoms with Crippen LogP contribution in [0.4, 0.5) is 11.4 Å². The molecule has 1 saturated heterocycles. The topological polar surface area (TPSA) is 67.9 Å². The summed E-state index contributed by atoms with van der Waals surface area (Å²) in [5.41, 5.74) is 1.81. The number of benzene rings is 2. The molecule has 0 aromatic heterocycles. The van der Waals surface area contributed by atoms with Crippen molar-refractivity contribution in [3.63, 3.8) is 0 Å². The molecule has 25 heavy (non-hydrogen) atoms. The molecule has 3 rings (SSSR count). The number of rotatable bonds is 5. The molecule has 1 N–H and O–H groups in total. The fourth-order valence-corrected chi connectivity index (χ4v) is 2.83. The van der Waals surface area contributed by atoms with Gasteiger partial charge in [0, 0.05) is 24.2 Å². The Morgan fingerprint density at radius 2 is 1.84 bits per heavy atom. The van der Waals surface area contributed by atoms with Crippen LogP contribution in [0.15, 0.2) is 42.5 Å². The Balaban J connectivity index is 1.82. The van der Waals surface area contributed by atoms with E-state index in [-0.39, 0.29) is 11.8 Å². The minimum absolute atomic E-state index is 0.0666. The van der Waals surface area contributed by atoms with E-state index in [9.17, 15) is 9.59 Å². The SMILES string of the molecule is COc1ccc(C(=O)Nc2ccc(OC)c(N3CCCC3=O)c2)cc1. The van der Waals surface area contributed by atoms with Gasteiger partial charge in [-0.2, -0.15) is 0 Å². The van der Waals surface area contributed by atoms with Crippen LogP contribution in [0.3, 0.4) is 0 Å². The van der Waals surface area contributed by atoms with Crippen molar-refractivity contribution in [3.05, 3.63) is 48.0 Å². The lowest BCUT2D eigenvalue weighted by molar-refractivity contribution is -0.117. The van der Waals surface area contributed by atoms with E-state index >= 15 is 0 Å². The zero-order valence-corrected chi connectivity index (χ0v) is 14.2. The van der Waals surface area contributed by atoms with Crippen molar-refractivity contribution < 1.29 is 19.1 Å². The van der Waals surface area contributed by atoms with Crippen LogP contribution in [0.5, 0.6) is 11.5 Å². The fourth-order valence-electron chi connectivity index (χ4n) is 2.83. The summed E-state index contributed by atoms with van der Waals surface area (Å²) in [5, 5.41) is 2.85. The highest BCUT2D eigenvalue weighted by atomic mass is 16.5. The molecule has 1 fully saturated rings. The van der Waals surface area contributed by atoms with E-state index in [0.717, 1.165) is 6.42 Å². The highest BCUT2D eigenvalue weighted by molar-refractivity contribution is 6.05. The molecule has 0 unspecified atom stereocenters. The average molecular weight is 340 g/mol. The molecular formula is C19H20N2O4. The maximum Gasteiger partial charge on any atom is 0.255 e. The number of carbonyl (C=O) groups excluding carboxylic acids is 2. The molecule has 2 amide bonds. The first-order chi connectivity index (χ1) is 12.1. The van der Waals surface area contributed by atoms with Gasteiger partial charge in [-0.1, -0.05) is 0 Å². The van der Waals surface area contributed by atoms with Gasteiger partial charge in [0.25, 0.3) is 5.91 Å². The summed E-state index contributed by atoms with van der Waals surface area (Å²) in [5.74, 6) is 1.14. The number of methoxy groups -OCH3 is 2. The summed E-state index contributed by atoms with van der Waals surface area (Å²) in [4.78, 5) is 26.1. The quantitative estimate of drug-likeness (QED) is 0.908. The minimum Gasteiger partial charge on any atom is -0.497 e. The van der Waals surface area contributed by atoms with Gasteiger partial charge in [0.1, 0.15) is 11.5 Å². The largest absolute Gasteiger partial charge is 0.497 e. The van der Waals surface area contributed by atoms with Crippen molar-refractivity contribution in [3.8, 4) is 11.5 Å². The predicted molar refractivity (Wildman–Crippen MR) is 95.5 cm³/mol. The Kier molecular flexibility index (Phi) is 4.88. The molecule has 130 valence electrons. The van der Waals surface area contributed by atoms with E-state index in [2.05, 4.69) is 5.32 Å². The van der Waals surface area contributed by atoms with Crippen LogP contribution in [0.2, 0.25) is 0 Å². The number of ether oxygens (including phenoxy) is 2. The second-order valence-electron chi connectivity index (χ2n) is 5.72. The molecular weight excluding hydrogens is 320 g/mol. The molecule has 0 aliphatic carbocycles. The molecule has 0 spiro atoms. The summed E-state index contributed by atoms with van der Waals surface area (Å²) < 4.78 is 10.4. The third-order valence-corrected chi connectivity index (χ3v) is 4.15. The maximum absolute atomic E-state index is 12.4. The van der Waals surface area contributed by atoms with Crippen molar-refractivity contribution in [1.29, 1.82) is 0 Å². The van der Waals surface area contributed by atoms with E-state index < -0.39 is 0 Å². The Bertz CT molecular complexity index is 787. The summed E-state index contributed by atoms with van der Waals surface area (Å²) >= 11 is 0. The molecule has 6 nitrogen and oxygen atoms in total. The number of carbonyl (C=O) groups is 2. The molecule has 1 heterocycles. The highest BCUT2D eigenvalue weighted by Crippen LogP contribution is 2.34. The van der Waals surface area contributed by atoms with E-state index in [0.29, 0.717) is 41.4 Å². The smallest absolute Gasteiger partial charge is 0.255 e. The molecule has 2 aromatic carbocycles. The van der Waals surface area contributed by atoms with Gasteiger partial charge in [0.05, 0.1) is 19.9 Å². The lowest BCUT2D eigenvalue weighted by Gasteiger charge is -2.20. The third kappa shape index (κ3) is 3.57. The second kappa shape index (κ2) is 7.25. The monoisotopic (exact) mass is 340 g/mol. The van der Waals surface area contributed by atoms with Gasteiger partial charge in [0.15, 0.2) is 0 Å². The zero-order chi connectivity index (χ0) is 17.8.